The average Bonchev–Trinajstić information content (AvgIpc) is 2.59. The molecular weight excluding hydrogens is 296 g/mol. The van der Waals surface area contributed by atoms with E-state index < -0.39 is 17.0 Å². The lowest BCUT2D eigenvalue weighted by molar-refractivity contribution is -0.153. The highest BCUT2D eigenvalue weighted by Gasteiger charge is 2.52. The van der Waals surface area contributed by atoms with Crippen LogP contribution in [0.25, 0.3) is 0 Å². The van der Waals surface area contributed by atoms with Gasteiger partial charge in [-0.15, -0.1) is 0 Å². The van der Waals surface area contributed by atoms with Gasteiger partial charge in [-0.2, -0.15) is 0 Å². The van der Waals surface area contributed by atoms with Crippen LogP contribution in [-0.2, 0) is 24.5 Å². The molecule has 2 heterocycles. The van der Waals surface area contributed by atoms with Crippen molar-refractivity contribution in [2.75, 3.05) is 16.8 Å². The summed E-state index contributed by atoms with van der Waals surface area (Å²) < 4.78 is 5.32. The molecule has 3 rings (SSSR count). The molecule has 0 saturated carbocycles. The molecule has 1 N–H and O–H groups in total. The Bertz CT molecular complexity index is 720. The van der Waals surface area contributed by atoms with Crippen LogP contribution in [0.15, 0.2) is 18.2 Å². The summed E-state index contributed by atoms with van der Waals surface area (Å²) in [4.78, 5) is 38.4. The van der Waals surface area contributed by atoms with E-state index in [9.17, 15) is 14.4 Å². The molecule has 122 valence electrons. The maximum atomic E-state index is 12.9. The Balaban J connectivity index is 1.97. The Kier molecular flexibility index (Phi) is 3.25. The zero-order valence-corrected chi connectivity index (χ0v) is 13.7. The molecule has 0 radical (unpaired) electrons. The highest BCUT2D eigenvalue weighted by atomic mass is 16.6. The number of carbonyl (C=O) groups is 3. The van der Waals surface area contributed by atoms with Crippen molar-refractivity contribution >= 4 is 29.2 Å². The van der Waals surface area contributed by atoms with Crippen molar-refractivity contribution in [3.05, 3.63) is 23.8 Å². The highest BCUT2D eigenvalue weighted by Crippen LogP contribution is 2.49. The minimum atomic E-state index is -0.920. The third-order valence-electron chi connectivity index (χ3n) is 4.10. The SMILES string of the molecule is CC(C)(C)OC(=O)CN1C(=O)C2(C)CC(=O)Nc3cccc1c32. The van der Waals surface area contributed by atoms with Gasteiger partial charge in [0.25, 0.3) is 0 Å². The molecule has 1 aromatic carbocycles. The normalized spacial score (nSPS) is 22.7. The lowest BCUT2D eigenvalue weighted by Crippen LogP contribution is -2.45. The van der Waals surface area contributed by atoms with Crippen LogP contribution >= 0.6 is 0 Å². The van der Waals surface area contributed by atoms with Crippen LogP contribution in [0.3, 0.4) is 0 Å². The van der Waals surface area contributed by atoms with Gasteiger partial charge in [0.05, 0.1) is 11.1 Å². The Morgan fingerprint density at radius 3 is 2.70 bits per heavy atom. The van der Waals surface area contributed by atoms with Crippen molar-refractivity contribution in [3.8, 4) is 0 Å². The van der Waals surface area contributed by atoms with Crippen molar-refractivity contribution < 1.29 is 19.1 Å². The van der Waals surface area contributed by atoms with Gasteiger partial charge < -0.3 is 15.0 Å². The monoisotopic (exact) mass is 316 g/mol. The molecule has 1 atom stereocenters. The minimum absolute atomic E-state index is 0.0840. The summed E-state index contributed by atoms with van der Waals surface area (Å²) >= 11 is 0. The fourth-order valence-electron chi connectivity index (χ4n) is 3.30. The lowest BCUT2D eigenvalue weighted by Gasteiger charge is -2.29. The van der Waals surface area contributed by atoms with E-state index >= 15 is 0 Å². The number of hydrogen-bond donors (Lipinski definition) is 1. The minimum Gasteiger partial charge on any atom is -0.459 e. The van der Waals surface area contributed by atoms with Crippen LogP contribution < -0.4 is 10.2 Å². The third kappa shape index (κ3) is 2.48. The number of esters is 1. The van der Waals surface area contributed by atoms with E-state index in [1.165, 1.54) is 4.90 Å². The molecule has 6 nitrogen and oxygen atoms in total. The number of rotatable bonds is 2. The summed E-state index contributed by atoms with van der Waals surface area (Å²) in [6, 6.07) is 5.34. The topological polar surface area (TPSA) is 75.7 Å². The van der Waals surface area contributed by atoms with E-state index in [0.717, 1.165) is 5.56 Å². The number of carbonyl (C=O) groups excluding carboxylic acids is 3. The Hall–Kier alpha value is -2.37. The first-order chi connectivity index (χ1) is 10.6. The molecule has 6 heteroatoms. The maximum absolute atomic E-state index is 12.9. The quantitative estimate of drug-likeness (QED) is 0.847. The number of amides is 2. The largest absolute Gasteiger partial charge is 0.459 e. The molecule has 23 heavy (non-hydrogen) atoms. The van der Waals surface area contributed by atoms with E-state index in [-0.39, 0.29) is 24.8 Å². The van der Waals surface area contributed by atoms with Crippen molar-refractivity contribution in [3.63, 3.8) is 0 Å². The van der Waals surface area contributed by atoms with Crippen LogP contribution in [0.1, 0.15) is 39.7 Å². The molecule has 2 aliphatic heterocycles. The Morgan fingerprint density at radius 1 is 1.35 bits per heavy atom. The number of hydrogen-bond acceptors (Lipinski definition) is 4. The zero-order valence-electron chi connectivity index (χ0n) is 13.7. The molecule has 2 amide bonds. The number of nitrogens with zero attached hydrogens (tertiary/aromatic N) is 1. The maximum Gasteiger partial charge on any atom is 0.326 e. The van der Waals surface area contributed by atoms with Crippen LogP contribution in [-0.4, -0.2) is 29.9 Å². The first kappa shape index (κ1) is 15.5. The van der Waals surface area contributed by atoms with Gasteiger partial charge in [-0.05, 0) is 39.8 Å². The first-order valence-electron chi connectivity index (χ1n) is 7.59. The molecule has 0 aromatic heterocycles. The summed E-state index contributed by atoms with van der Waals surface area (Å²) in [5.74, 6) is -0.893. The third-order valence-corrected chi connectivity index (χ3v) is 4.10. The van der Waals surface area contributed by atoms with Gasteiger partial charge in [-0.25, -0.2) is 0 Å². The number of anilines is 2. The molecule has 0 aliphatic carbocycles. The van der Waals surface area contributed by atoms with E-state index in [1.807, 2.05) is 0 Å². The fourth-order valence-corrected chi connectivity index (χ4v) is 3.30. The smallest absolute Gasteiger partial charge is 0.326 e. The van der Waals surface area contributed by atoms with Crippen LogP contribution in [0.2, 0.25) is 0 Å². The van der Waals surface area contributed by atoms with E-state index in [0.29, 0.717) is 11.4 Å². The van der Waals surface area contributed by atoms with Gasteiger partial charge in [0.1, 0.15) is 12.1 Å². The Morgan fingerprint density at radius 2 is 2.04 bits per heavy atom. The number of benzene rings is 1. The summed E-state index contributed by atoms with van der Waals surface area (Å²) in [6.07, 6.45) is 0.0840. The van der Waals surface area contributed by atoms with Crippen LogP contribution in [0.4, 0.5) is 11.4 Å². The second kappa shape index (κ2) is 4.81. The van der Waals surface area contributed by atoms with E-state index in [1.54, 1.807) is 45.9 Å². The average molecular weight is 316 g/mol. The molecule has 0 spiro atoms. The molecule has 1 aromatic rings. The highest BCUT2D eigenvalue weighted by molar-refractivity contribution is 6.16. The molecule has 2 aliphatic rings. The molecule has 0 bridgehead atoms. The van der Waals surface area contributed by atoms with E-state index in [4.69, 9.17) is 4.74 Å². The zero-order chi connectivity index (χ0) is 17.0. The van der Waals surface area contributed by atoms with Crippen LogP contribution in [0, 0.1) is 0 Å². The number of nitrogens with one attached hydrogen (secondary N) is 1. The molecular formula is C17H20N2O4. The van der Waals surface area contributed by atoms with Crippen molar-refractivity contribution in [2.45, 2.75) is 45.1 Å². The summed E-state index contributed by atoms with van der Waals surface area (Å²) in [5.41, 5.74) is 0.561. The van der Waals surface area contributed by atoms with Gasteiger partial charge in [-0.3, -0.25) is 14.4 Å². The van der Waals surface area contributed by atoms with Crippen molar-refractivity contribution in [1.29, 1.82) is 0 Å². The second-order valence-electron chi connectivity index (χ2n) is 7.23. The van der Waals surface area contributed by atoms with Crippen LogP contribution in [0.5, 0.6) is 0 Å². The predicted octanol–water partition coefficient (Wildman–Crippen LogP) is 1.97. The molecule has 1 unspecified atom stereocenters. The van der Waals surface area contributed by atoms with Gasteiger partial charge in [-0.1, -0.05) is 6.07 Å². The van der Waals surface area contributed by atoms with Gasteiger partial charge in [0.2, 0.25) is 11.8 Å². The van der Waals surface area contributed by atoms with Crippen molar-refractivity contribution in [1.82, 2.24) is 0 Å². The summed E-state index contributed by atoms with van der Waals surface area (Å²) in [6.45, 7) is 6.94. The predicted molar refractivity (Wildman–Crippen MR) is 85.2 cm³/mol. The van der Waals surface area contributed by atoms with Gasteiger partial charge >= 0.3 is 5.97 Å². The second-order valence-corrected chi connectivity index (χ2v) is 7.23. The first-order valence-corrected chi connectivity index (χ1v) is 7.59. The number of ether oxygens (including phenoxy) is 1. The standard InChI is InChI=1S/C17H20N2O4/c1-16(2,3)23-13(21)9-19-11-7-5-6-10-14(11)17(4,15(19)22)8-12(20)18-10/h5-7H,8-9H2,1-4H3,(H,18,20). The summed E-state index contributed by atoms with van der Waals surface area (Å²) in [5, 5.41) is 2.79. The summed E-state index contributed by atoms with van der Waals surface area (Å²) in [7, 11) is 0. The Labute approximate surface area is 134 Å². The van der Waals surface area contributed by atoms with Crippen molar-refractivity contribution in [2.24, 2.45) is 0 Å². The molecule has 0 saturated heterocycles. The van der Waals surface area contributed by atoms with E-state index in [2.05, 4.69) is 5.32 Å². The fraction of sp³-hybridized carbons (Fsp3) is 0.471. The lowest BCUT2D eigenvalue weighted by atomic mass is 9.77. The molecule has 0 fully saturated rings. The van der Waals surface area contributed by atoms with Gasteiger partial charge in [0, 0.05) is 17.7 Å². The van der Waals surface area contributed by atoms with Gasteiger partial charge in [0.15, 0.2) is 0 Å².